The van der Waals surface area contributed by atoms with Gasteiger partial charge in [0.2, 0.25) is 0 Å². The first kappa shape index (κ1) is 9.92. The van der Waals surface area contributed by atoms with Gasteiger partial charge in [-0.1, -0.05) is 13.8 Å². The highest BCUT2D eigenvalue weighted by Crippen LogP contribution is 2.13. The van der Waals surface area contributed by atoms with Crippen molar-refractivity contribution in [1.29, 1.82) is 0 Å². The standard InChI is InChI=1S/C8H18O2/c1-6(2)7(9)10-8(3,4)5/h6-7,9H,1-5H3. The second kappa shape index (κ2) is 3.35. The van der Waals surface area contributed by atoms with E-state index in [-0.39, 0.29) is 11.5 Å². The van der Waals surface area contributed by atoms with Gasteiger partial charge in [-0.2, -0.15) is 0 Å². The molecule has 1 unspecified atom stereocenters. The third-order valence-electron chi connectivity index (χ3n) is 1.04. The maximum atomic E-state index is 9.24. The Kier molecular flexibility index (Phi) is 3.33. The van der Waals surface area contributed by atoms with E-state index >= 15 is 0 Å². The predicted octanol–water partition coefficient (Wildman–Crippen LogP) is 1.78. The van der Waals surface area contributed by atoms with E-state index in [9.17, 15) is 5.11 Å². The van der Waals surface area contributed by atoms with E-state index in [1.54, 1.807) is 0 Å². The van der Waals surface area contributed by atoms with Gasteiger partial charge in [0.15, 0.2) is 6.29 Å². The molecule has 0 radical (unpaired) electrons. The average Bonchev–Trinajstić information content (AvgIpc) is 1.60. The maximum absolute atomic E-state index is 9.24. The lowest BCUT2D eigenvalue weighted by Crippen LogP contribution is -2.30. The smallest absolute Gasteiger partial charge is 0.157 e. The second-order valence-electron chi connectivity index (χ2n) is 3.86. The summed E-state index contributed by atoms with van der Waals surface area (Å²) in [6, 6.07) is 0. The summed E-state index contributed by atoms with van der Waals surface area (Å²) in [5.74, 6) is 0.166. The molecule has 0 rings (SSSR count). The molecule has 0 aliphatic carbocycles. The molecule has 0 aromatic rings. The zero-order chi connectivity index (χ0) is 8.36. The van der Waals surface area contributed by atoms with Crippen LogP contribution in [0.3, 0.4) is 0 Å². The highest BCUT2D eigenvalue weighted by Gasteiger charge is 2.18. The Bertz CT molecular complexity index is 91.9. The van der Waals surface area contributed by atoms with Gasteiger partial charge in [0.25, 0.3) is 0 Å². The Morgan fingerprint density at radius 2 is 1.60 bits per heavy atom. The lowest BCUT2D eigenvalue weighted by molar-refractivity contribution is -0.185. The monoisotopic (exact) mass is 146 g/mol. The molecule has 0 heterocycles. The molecule has 1 N–H and O–H groups in total. The summed E-state index contributed by atoms with van der Waals surface area (Å²) in [7, 11) is 0. The Morgan fingerprint density at radius 1 is 1.20 bits per heavy atom. The molecule has 10 heavy (non-hydrogen) atoms. The first-order valence-electron chi connectivity index (χ1n) is 3.69. The first-order valence-corrected chi connectivity index (χ1v) is 3.69. The minimum atomic E-state index is -0.639. The zero-order valence-corrected chi connectivity index (χ0v) is 7.51. The van der Waals surface area contributed by atoms with E-state index in [1.807, 2.05) is 34.6 Å². The van der Waals surface area contributed by atoms with E-state index in [1.165, 1.54) is 0 Å². The summed E-state index contributed by atoms with van der Waals surface area (Å²) in [6.45, 7) is 9.64. The van der Waals surface area contributed by atoms with Crippen LogP contribution in [-0.2, 0) is 4.74 Å². The molecule has 0 amide bonds. The van der Waals surface area contributed by atoms with Gasteiger partial charge >= 0.3 is 0 Å². The summed E-state index contributed by atoms with van der Waals surface area (Å²) < 4.78 is 5.25. The van der Waals surface area contributed by atoms with Crippen LogP contribution in [0.25, 0.3) is 0 Å². The fraction of sp³-hybridized carbons (Fsp3) is 1.00. The van der Waals surface area contributed by atoms with Crippen molar-refractivity contribution in [2.75, 3.05) is 0 Å². The molecular formula is C8H18O2. The van der Waals surface area contributed by atoms with E-state index in [4.69, 9.17) is 4.74 Å². The summed E-state index contributed by atoms with van der Waals surface area (Å²) in [5, 5.41) is 9.24. The molecule has 2 nitrogen and oxygen atoms in total. The van der Waals surface area contributed by atoms with Crippen molar-refractivity contribution < 1.29 is 9.84 Å². The number of rotatable bonds is 2. The molecule has 0 fully saturated rings. The molecule has 1 atom stereocenters. The van der Waals surface area contributed by atoms with Crippen LogP contribution in [0, 0.1) is 5.92 Å². The van der Waals surface area contributed by atoms with Crippen molar-refractivity contribution in [2.45, 2.75) is 46.5 Å². The molecule has 2 heteroatoms. The zero-order valence-electron chi connectivity index (χ0n) is 7.51. The summed E-state index contributed by atoms with van der Waals surface area (Å²) in [4.78, 5) is 0. The largest absolute Gasteiger partial charge is 0.368 e. The number of aliphatic hydroxyl groups excluding tert-OH is 1. The SMILES string of the molecule is CC(C)C(O)OC(C)(C)C. The quantitative estimate of drug-likeness (QED) is 0.602. The average molecular weight is 146 g/mol. The minimum Gasteiger partial charge on any atom is -0.368 e. The Labute approximate surface area is 63.2 Å². The summed E-state index contributed by atoms with van der Waals surface area (Å²) in [6.07, 6.45) is -0.639. The van der Waals surface area contributed by atoms with Crippen molar-refractivity contribution in [2.24, 2.45) is 5.92 Å². The van der Waals surface area contributed by atoms with Gasteiger partial charge in [0.05, 0.1) is 5.60 Å². The molecule has 0 aromatic heterocycles. The van der Waals surface area contributed by atoms with Crippen molar-refractivity contribution in [3.8, 4) is 0 Å². The lowest BCUT2D eigenvalue weighted by atomic mass is 10.1. The third-order valence-corrected chi connectivity index (χ3v) is 1.04. The van der Waals surface area contributed by atoms with E-state index in [0.29, 0.717) is 0 Å². The molecule has 0 spiro atoms. The highest BCUT2D eigenvalue weighted by atomic mass is 16.6. The van der Waals surface area contributed by atoms with Crippen LogP contribution in [0.4, 0.5) is 0 Å². The minimum absolute atomic E-state index is 0.166. The first-order chi connectivity index (χ1) is 4.33. The molecular weight excluding hydrogens is 128 g/mol. The topological polar surface area (TPSA) is 29.5 Å². The number of ether oxygens (including phenoxy) is 1. The molecule has 62 valence electrons. The number of aliphatic hydroxyl groups is 1. The van der Waals surface area contributed by atoms with Crippen LogP contribution < -0.4 is 0 Å². The predicted molar refractivity (Wildman–Crippen MR) is 41.7 cm³/mol. The van der Waals surface area contributed by atoms with Gasteiger partial charge in [0, 0.05) is 5.92 Å². The fourth-order valence-electron chi connectivity index (χ4n) is 0.498. The highest BCUT2D eigenvalue weighted by molar-refractivity contribution is 4.61. The second-order valence-corrected chi connectivity index (χ2v) is 3.86. The molecule has 0 aromatic carbocycles. The normalized spacial score (nSPS) is 15.9. The van der Waals surface area contributed by atoms with Gasteiger partial charge in [-0.05, 0) is 20.8 Å². The van der Waals surface area contributed by atoms with Crippen molar-refractivity contribution >= 4 is 0 Å². The summed E-state index contributed by atoms with van der Waals surface area (Å²) in [5.41, 5.74) is -0.246. The van der Waals surface area contributed by atoms with Crippen LogP contribution >= 0.6 is 0 Å². The van der Waals surface area contributed by atoms with Crippen LogP contribution in [0.2, 0.25) is 0 Å². The maximum Gasteiger partial charge on any atom is 0.157 e. The van der Waals surface area contributed by atoms with Crippen LogP contribution in [0.1, 0.15) is 34.6 Å². The van der Waals surface area contributed by atoms with Crippen LogP contribution in [-0.4, -0.2) is 17.0 Å². The summed E-state index contributed by atoms with van der Waals surface area (Å²) >= 11 is 0. The fourth-order valence-corrected chi connectivity index (χ4v) is 0.498. The van der Waals surface area contributed by atoms with E-state index in [0.717, 1.165) is 0 Å². The van der Waals surface area contributed by atoms with Crippen LogP contribution in [0.15, 0.2) is 0 Å². The molecule has 0 aliphatic rings. The van der Waals surface area contributed by atoms with Gasteiger partial charge in [-0.25, -0.2) is 0 Å². The third kappa shape index (κ3) is 4.77. The molecule has 0 saturated heterocycles. The molecule has 0 aliphatic heterocycles. The Balaban J connectivity index is 3.68. The van der Waals surface area contributed by atoms with Crippen molar-refractivity contribution in [3.05, 3.63) is 0 Å². The Hall–Kier alpha value is -0.0800. The van der Waals surface area contributed by atoms with Crippen LogP contribution in [0.5, 0.6) is 0 Å². The molecule has 0 saturated carbocycles. The lowest BCUT2D eigenvalue weighted by Gasteiger charge is -2.25. The Morgan fingerprint density at radius 3 is 1.70 bits per heavy atom. The van der Waals surface area contributed by atoms with E-state index in [2.05, 4.69) is 0 Å². The molecule has 0 bridgehead atoms. The van der Waals surface area contributed by atoms with Gasteiger partial charge < -0.3 is 9.84 Å². The van der Waals surface area contributed by atoms with Crippen molar-refractivity contribution in [1.82, 2.24) is 0 Å². The van der Waals surface area contributed by atoms with Gasteiger partial charge in [0.1, 0.15) is 0 Å². The van der Waals surface area contributed by atoms with E-state index < -0.39 is 6.29 Å². The van der Waals surface area contributed by atoms with Gasteiger partial charge in [-0.3, -0.25) is 0 Å². The van der Waals surface area contributed by atoms with Gasteiger partial charge in [-0.15, -0.1) is 0 Å². The number of hydrogen-bond acceptors (Lipinski definition) is 2. The van der Waals surface area contributed by atoms with Crippen molar-refractivity contribution in [3.63, 3.8) is 0 Å². The number of hydrogen-bond donors (Lipinski definition) is 1.